The van der Waals surface area contributed by atoms with E-state index >= 15 is 0 Å². The predicted octanol–water partition coefficient (Wildman–Crippen LogP) is 2.31. The quantitative estimate of drug-likeness (QED) is 0.639. The fraction of sp³-hybridized carbons (Fsp3) is 0.318. The van der Waals surface area contributed by atoms with Gasteiger partial charge in [0.05, 0.1) is 11.3 Å². The number of rotatable bonds is 4. The molecule has 1 saturated heterocycles. The molecule has 7 nitrogen and oxygen atoms in total. The molecule has 1 aliphatic carbocycles. The summed E-state index contributed by atoms with van der Waals surface area (Å²) in [6, 6.07) is 14.3. The maximum absolute atomic E-state index is 13.2. The Labute approximate surface area is 169 Å². The molecule has 3 aromatic rings. The molecule has 1 aliphatic heterocycles. The Morgan fingerprint density at radius 2 is 2.03 bits per heavy atom. The second-order valence-electron chi connectivity index (χ2n) is 7.79. The molecule has 1 aromatic carbocycles. The number of nitrogens with one attached hydrogen (secondary N) is 3. The van der Waals surface area contributed by atoms with E-state index in [2.05, 4.69) is 21.2 Å². The molecule has 0 bridgehead atoms. The van der Waals surface area contributed by atoms with E-state index in [0.717, 1.165) is 37.1 Å². The standard InChI is InChI=1S/C22H24N6O/c29-22(25-17-8-9-20-16(11-17)13-24-26-20)19-14-28(18-6-2-1-3-7-18)27-21(19)15-5-4-10-23-12-15/h1-7,10,12,14,16-17,20,24,26H,8-9,11,13H2,(H,25,29). The summed E-state index contributed by atoms with van der Waals surface area (Å²) in [5.74, 6) is 0.493. The van der Waals surface area contributed by atoms with Crippen molar-refractivity contribution in [3.05, 3.63) is 66.6 Å². The molecule has 3 N–H and O–H groups in total. The highest BCUT2D eigenvalue weighted by atomic mass is 16.1. The van der Waals surface area contributed by atoms with Crippen molar-refractivity contribution in [2.75, 3.05) is 6.54 Å². The largest absolute Gasteiger partial charge is 0.349 e. The van der Waals surface area contributed by atoms with Crippen molar-refractivity contribution in [3.63, 3.8) is 0 Å². The molecule has 0 spiro atoms. The van der Waals surface area contributed by atoms with Crippen LogP contribution in [0.5, 0.6) is 0 Å². The van der Waals surface area contributed by atoms with E-state index in [1.165, 1.54) is 0 Å². The number of hydrogen-bond donors (Lipinski definition) is 3. The minimum absolute atomic E-state index is 0.0756. The summed E-state index contributed by atoms with van der Waals surface area (Å²) in [4.78, 5) is 17.4. The van der Waals surface area contributed by atoms with Gasteiger partial charge in [-0.1, -0.05) is 18.2 Å². The number of aromatic nitrogens is 3. The van der Waals surface area contributed by atoms with Gasteiger partial charge in [0, 0.05) is 42.8 Å². The summed E-state index contributed by atoms with van der Waals surface area (Å²) >= 11 is 0. The maximum Gasteiger partial charge on any atom is 0.255 e. The number of pyridine rings is 1. The van der Waals surface area contributed by atoms with Gasteiger partial charge in [0.1, 0.15) is 5.69 Å². The molecule has 1 amide bonds. The average molecular weight is 388 g/mol. The molecular formula is C22H24N6O. The van der Waals surface area contributed by atoms with Crippen LogP contribution in [0.3, 0.4) is 0 Å². The lowest BCUT2D eigenvalue weighted by Crippen LogP contribution is -2.44. The van der Waals surface area contributed by atoms with Gasteiger partial charge in [0.25, 0.3) is 5.91 Å². The Morgan fingerprint density at radius 1 is 1.14 bits per heavy atom. The minimum atomic E-state index is -0.0756. The normalized spacial score (nSPS) is 23.5. The van der Waals surface area contributed by atoms with Crippen LogP contribution in [0, 0.1) is 5.92 Å². The predicted molar refractivity (Wildman–Crippen MR) is 110 cm³/mol. The molecule has 3 atom stereocenters. The van der Waals surface area contributed by atoms with Crippen molar-refractivity contribution < 1.29 is 4.79 Å². The van der Waals surface area contributed by atoms with E-state index in [1.807, 2.05) is 48.7 Å². The fourth-order valence-corrected chi connectivity index (χ4v) is 4.36. The summed E-state index contributed by atoms with van der Waals surface area (Å²) in [6.07, 6.45) is 8.33. The molecule has 29 heavy (non-hydrogen) atoms. The van der Waals surface area contributed by atoms with E-state index in [0.29, 0.717) is 23.2 Å². The van der Waals surface area contributed by atoms with Crippen LogP contribution in [-0.4, -0.2) is 39.3 Å². The smallest absolute Gasteiger partial charge is 0.255 e. The highest BCUT2D eigenvalue weighted by molar-refractivity contribution is 6.00. The zero-order chi connectivity index (χ0) is 19.6. The van der Waals surface area contributed by atoms with E-state index in [-0.39, 0.29) is 11.9 Å². The van der Waals surface area contributed by atoms with Gasteiger partial charge in [0.15, 0.2) is 0 Å². The van der Waals surface area contributed by atoms with Gasteiger partial charge in [-0.05, 0) is 49.4 Å². The van der Waals surface area contributed by atoms with Gasteiger partial charge in [0.2, 0.25) is 0 Å². The number of para-hydroxylation sites is 1. The van der Waals surface area contributed by atoms with Crippen LogP contribution in [-0.2, 0) is 0 Å². The SMILES string of the molecule is O=C(NC1CCC2NNCC2C1)c1cn(-c2ccccc2)nc1-c1cccnc1. The molecule has 148 valence electrons. The van der Waals surface area contributed by atoms with E-state index in [9.17, 15) is 4.79 Å². The van der Waals surface area contributed by atoms with Crippen LogP contribution in [0.2, 0.25) is 0 Å². The Balaban J connectivity index is 1.43. The van der Waals surface area contributed by atoms with Gasteiger partial charge < -0.3 is 5.32 Å². The third-order valence-corrected chi connectivity index (χ3v) is 5.88. The Bertz CT molecular complexity index is 987. The zero-order valence-corrected chi connectivity index (χ0v) is 16.1. The first kappa shape index (κ1) is 18.0. The Kier molecular flexibility index (Phi) is 4.83. The number of amides is 1. The van der Waals surface area contributed by atoms with Crippen molar-refractivity contribution in [3.8, 4) is 16.9 Å². The third kappa shape index (κ3) is 3.66. The molecule has 3 unspecified atom stereocenters. The molecule has 2 aromatic heterocycles. The molecule has 3 heterocycles. The van der Waals surface area contributed by atoms with Gasteiger partial charge in [-0.3, -0.25) is 20.6 Å². The summed E-state index contributed by atoms with van der Waals surface area (Å²) in [5.41, 5.74) is 9.55. The van der Waals surface area contributed by atoms with Crippen LogP contribution in [0.25, 0.3) is 16.9 Å². The number of hydrazine groups is 1. The minimum Gasteiger partial charge on any atom is -0.349 e. The number of hydrogen-bond acceptors (Lipinski definition) is 5. The first-order chi connectivity index (χ1) is 14.3. The summed E-state index contributed by atoms with van der Waals surface area (Å²) in [7, 11) is 0. The lowest BCUT2D eigenvalue weighted by Gasteiger charge is -2.31. The lowest BCUT2D eigenvalue weighted by molar-refractivity contribution is 0.0919. The lowest BCUT2D eigenvalue weighted by atomic mass is 9.83. The van der Waals surface area contributed by atoms with Crippen LogP contribution < -0.4 is 16.2 Å². The monoisotopic (exact) mass is 388 g/mol. The zero-order valence-electron chi connectivity index (χ0n) is 16.1. The number of benzene rings is 1. The van der Waals surface area contributed by atoms with E-state index < -0.39 is 0 Å². The second kappa shape index (κ2) is 7.77. The van der Waals surface area contributed by atoms with E-state index in [1.54, 1.807) is 17.1 Å². The number of fused-ring (bicyclic) bond motifs is 1. The van der Waals surface area contributed by atoms with Gasteiger partial charge in [-0.15, -0.1) is 0 Å². The van der Waals surface area contributed by atoms with Crippen molar-refractivity contribution >= 4 is 5.91 Å². The summed E-state index contributed by atoms with van der Waals surface area (Å²) in [5, 5.41) is 7.97. The highest BCUT2D eigenvalue weighted by Gasteiger charge is 2.34. The molecular weight excluding hydrogens is 364 g/mol. The van der Waals surface area contributed by atoms with Crippen LogP contribution in [0.15, 0.2) is 61.1 Å². The molecule has 2 fully saturated rings. The molecule has 2 aliphatic rings. The Hall–Kier alpha value is -3.03. The molecule has 7 heteroatoms. The summed E-state index contributed by atoms with van der Waals surface area (Å²) in [6.45, 7) is 0.962. The fourth-order valence-electron chi connectivity index (χ4n) is 4.36. The second-order valence-corrected chi connectivity index (χ2v) is 7.79. The number of carbonyl (C=O) groups is 1. The topological polar surface area (TPSA) is 83.9 Å². The highest BCUT2D eigenvalue weighted by Crippen LogP contribution is 2.28. The molecule has 0 radical (unpaired) electrons. The average Bonchev–Trinajstić information content (AvgIpc) is 3.42. The maximum atomic E-state index is 13.2. The molecule has 1 saturated carbocycles. The van der Waals surface area contributed by atoms with Gasteiger partial charge >= 0.3 is 0 Å². The Morgan fingerprint density at radius 3 is 2.86 bits per heavy atom. The van der Waals surface area contributed by atoms with Gasteiger partial charge in [-0.2, -0.15) is 5.10 Å². The van der Waals surface area contributed by atoms with Crippen molar-refractivity contribution in [2.45, 2.75) is 31.3 Å². The van der Waals surface area contributed by atoms with Crippen LogP contribution >= 0.6 is 0 Å². The van der Waals surface area contributed by atoms with Crippen LogP contribution in [0.1, 0.15) is 29.6 Å². The van der Waals surface area contributed by atoms with Crippen LogP contribution in [0.4, 0.5) is 0 Å². The third-order valence-electron chi connectivity index (χ3n) is 5.88. The molecule has 5 rings (SSSR count). The first-order valence-electron chi connectivity index (χ1n) is 10.1. The summed E-state index contributed by atoms with van der Waals surface area (Å²) < 4.78 is 1.76. The van der Waals surface area contributed by atoms with Crippen molar-refractivity contribution in [1.29, 1.82) is 0 Å². The number of carbonyl (C=O) groups excluding carboxylic acids is 1. The van der Waals surface area contributed by atoms with Crippen molar-refractivity contribution in [1.82, 2.24) is 30.9 Å². The van der Waals surface area contributed by atoms with Gasteiger partial charge in [-0.25, -0.2) is 4.68 Å². The van der Waals surface area contributed by atoms with Crippen molar-refractivity contribution in [2.24, 2.45) is 5.92 Å². The van der Waals surface area contributed by atoms with E-state index in [4.69, 9.17) is 5.10 Å². The number of nitrogens with zero attached hydrogens (tertiary/aromatic N) is 3. The first-order valence-corrected chi connectivity index (χ1v) is 10.1.